The summed E-state index contributed by atoms with van der Waals surface area (Å²) in [5, 5.41) is 3.38. The molecule has 2 aromatic heterocycles. The molecule has 0 fully saturated rings. The number of hydrogen-bond donors (Lipinski definition) is 1. The average molecular weight is 274 g/mol. The highest BCUT2D eigenvalue weighted by molar-refractivity contribution is 5.85. The molecule has 2 aromatic carbocycles. The molecular formula is C17H14N4. The third kappa shape index (κ3) is 2.01. The first-order valence-corrected chi connectivity index (χ1v) is 6.86. The molecule has 0 unspecified atom stereocenters. The first-order valence-electron chi connectivity index (χ1n) is 6.86. The fraction of sp³-hybridized carbons (Fsp3) is 0.0588. The second kappa shape index (κ2) is 4.59. The van der Waals surface area contributed by atoms with Crippen molar-refractivity contribution in [3.8, 4) is 0 Å². The van der Waals surface area contributed by atoms with E-state index in [-0.39, 0.29) is 0 Å². The van der Waals surface area contributed by atoms with Crippen LogP contribution in [0.2, 0.25) is 0 Å². The van der Waals surface area contributed by atoms with Crippen LogP contribution in [0.15, 0.2) is 61.1 Å². The van der Waals surface area contributed by atoms with E-state index in [0.717, 1.165) is 28.1 Å². The summed E-state index contributed by atoms with van der Waals surface area (Å²) in [5.74, 6) is 0.815. The van der Waals surface area contributed by atoms with Crippen molar-refractivity contribution in [2.45, 2.75) is 6.92 Å². The van der Waals surface area contributed by atoms with E-state index in [1.807, 2.05) is 36.8 Å². The molecule has 102 valence electrons. The minimum atomic E-state index is 0.815. The second-order valence-electron chi connectivity index (χ2n) is 5.09. The van der Waals surface area contributed by atoms with Gasteiger partial charge < -0.3 is 5.32 Å². The van der Waals surface area contributed by atoms with Crippen LogP contribution >= 0.6 is 0 Å². The lowest BCUT2D eigenvalue weighted by Crippen LogP contribution is -1.99. The summed E-state index contributed by atoms with van der Waals surface area (Å²) < 4.78 is 2.05. The smallest absolute Gasteiger partial charge is 0.157 e. The van der Waals surface area contributed by atoms with Crippen molar-refractivity contribution in [2.75, 3.05) is 5.32 Å². The molecule has 4 nitrogen and oxygen atoms in total. The second-order valence-corrected chi connectivity index (χ2v) is 5.09. The molecule has 0 aliphatic carbocycles. The van der Waals surface area contributed by atoms with E-state index in [2.05, 4.69) is 45.9 Å². The van der Waals surface area contributed by atoms with Crippen LogP contribution < -0.4 is 5.32 Å². The van der Waals surface area contributed by atoms with Crippen LogP contribution in [-0.2, 0) is 0 Å². The summed E-state index contributed by atoms with van der Waals surface area (Å²) in [5.41, 5.74) is 5.22. The Bertz CT molecular complexity index is 922. The lowest BCUT2D eigenvalue weighted by molar-refractivity contribution is 1.19. The highest BCUT2D eigenvalue weighted by atomic mass is 15.1. The standard InChI is InChI=1S/C17H14N4/c1-12-6-8-13(9-7-12)19-17-16-10-18-11-21(16)15-5-3-2-4-14(15)20-17/h2-11H,1H3,(H,19,20). The van der Waals surface area contributed by atoms with Crippen molar-refractivity contribution in [3.05, 3.63) is 66.6 Å². The third-order valence-corrected chi connectivity index (χ3v) is 3.57. The monoisotopic (exact) mass is 274 g/mol. The fourth-order valence-electron chi connectivity index (χ4n) is 2.47. The van der Waals surface area contributed by atoms with Crippen LogP contribution in [0.1, 0.15) is 5.56 Å². The normalized spacial score (nSPS) is 11.1. The number of anilines is 2. The third-order valence-electron chi connectivity index (χ3n) is 3.57. The van der Waals surface area contributed by atoms with Gasteiger partial charge in [0.15, 0.2) is 5.82 Å². The van der Waals surface area contributed by atoms with Crippen molar-refractivity contribution in [2.24, 2.45) is 0 Å². The Hall–Kier alpha value is -2.88. The Labute approximate surface area is 122 Å². The topological polar surface area (TPSA) is 42.2 Å². The molecule has 0 radical (unpaired) electrons. The van der Waals surface area contributed by atoms with Gasteiger partial charge in [0.25, 0.3) is 0 Å². The Morgan fingerprint density at radius 3 is 2.62 bits per heavy atom. The van der Waals surface area contributed by atoms with Gasteiger partial charge in [-0.3, -0.25) is 4.40 Å². The number of aromatic nitrogens is 3. The summed E-state index contributed by atoms with van der Waals surface area (Å²) in [6, 6.07) is 16.3. The summed E-state index contributed by atoms with van der Waals surface area (Å²) in [4.78, 5) is 8.97. The van der Waals surface area contributed by atoms with Crippen LogP contribution in [0.25, 0.3) is 16.6 Å². The van der Waals surface area contributed by atoms with Gasteiger partial charge in [-0.15, -0.1) is 0 Å². The van der Waals surface area contributed by atoms with Gasteiger partial charge in [-0.2, -0.15) is 0 Å². The quantitative estimate of drug-likeness (QED) is 0.602. The number of para-hydroxylation sites is 2. The number of fused-ring (bicyclic) bond motifs is 3. The summed E-state index contributed by atoms with van der Waals surface area (Å²) in [6.45, 7) is 2.08. The van der Waals surface area contributed by atoms with E-state index in [1.54, 1.807) is 0 Å². The molecule has 21 heavy (non-hydrogen) atoms. The van der Waals surface area contributed by atoms with E-state index in [4.69, 9.17) is 4.98 Å². The van der Waals surface area contributed by atoms with Crippen LogP contribution in [0.3, 0.4) is 0 Å². The predicted molar refractivity (Wildman–Crippen MR) is 85.0 cm³/mol. The molecule has 0 saturated heterocycles. The van der Waals surface area contributed by atoms with Crippen LogP contribution in [0.5, 0.6) is 0 Å². The number of nitrogens with zero attached hydrogens (tertiary/aromatic N) is 3. The van der Waals surface area contributed by atoms with Crippen molar-refractivity contribution in [3.63, 3.8) is 0 Å². The molecule has 4 aromatic rings. The Morgan fingerprint density at radius 2 is 1.76 bits per heavy atom. The largest absolute Gasteiger partial charge is 0.338 e. The maximum Gasteiger partial charge on any atom is 0.157 e. The number of aryl methyl sites for hydroxylation is 1. The van der Waals surface area contributed by atoms with Gasteiger partial charge in [0.1, 0.15) is 5.52 Å². The van der Waals surface area contributed by atoms with Crippen molar-refractivity contribution in [1.82, 2.24) is 14.4 Å². The van der Waals surface area contributed by atoms with Gasteiger partial charge in [0.05, 0.1) is 23.6 Å². The molecule has 0 amide bonds. The number of imidazole rings is 1. The number of hydrogen-bond acceptors (Lipinski definition) is 3. The van der Waals surface area contributed by atoms with Crippen LogP contribution in [0.4, 0.5) is 11.5 Å². The van der Waals surface area contributed by atoms with Crippen LogP contribution in [-0.4, -0.2) is 14.4 Å². The Morgan fingerprint density at radius 1 is 0.952 bits per heavy atom. The number of nitrogens with one attached hydrogen (secondary N) is 1. The predicted octanol–water partition coefficient (Wildman–Crippen LogP) is 3.93. The lowest BCUT2D eigenvalue weighted by Gasteiger charge is -2.10. The molecule has 0 aliphatic rings. The van der Waals surface area contributed by atoms with Gasteiger partial charge in [0, 0.05) is 5.69 Å². The zero-order chi connectivity index (χ0) is 14.2. The van der Waals surface area contributed by atoms with Gasteiger partial charge in [0.2, 0.25) is 0 Å². The zero-order valence-electron chi connectivity index (χ0n) is 11.6. The van der Waals surface area contributed by atoms with Crippen molar-refractivity contribution < 1.29 is 0 Å². The molecule has 0 bridgehead atoms. The number of benzene rings is 2. The molecule has 1 N–H and O–H groups in total. The lowest BCUT2D eigenvalue weighted by atomic mass is 10.2. The Balaban J connectivity index is 1.90. The average Bonchev–Trinajstić information content (AvgIpc) is 3.00. The first kappa shape index (κ1) is 11.9. The van der Waals surface area contributed by atoms with Gasteiger partial charge >= 0.3 is 0 Å². The van der Waals surface area contributed by atoms with Crippen LogP contribution in [0, 0.1) is 6.92 Å². The molecular weight excluding hydrogens is 260 g/mol. The van der Waals surface area contributed by atoms with E-state index >= 15 is 0 Å². The number of rotatable bonds is 2. The zero-order valence-corrected chi connectivity index (χ0v) is 11.6. The molecule has 4 heteroatoms. The molecule has 0 spiro atoms. The Kier molecular flexibility index (Phi) is 2.60. The summed E-state index contributed by atoms with van der Waals surface area (Å²) in [7, 11) is 0. The van der Waals surface area contributed by atoms with E-state index in [1.165, 1.54) is 5.56 Å². The first-order chi connectivity index (χ1) is 10.3. The minimum Gasteiger partial charge on any atom is -0.338 e. The highest BCUT2D eigenvalue weighted by Gasteiger charge is 2.08. The van der Waals surface area contributed by atoms with Crippen molar-refractivity contribution in [1.29, 1.82) is 0 Å². The fourth-order valence-corrected chi connectivity index (χ4v) is 2.47. The summed E-state index contributed by atoms with van der Waals surface area (Å²) >= 11 is 0. The van der Waals surface area contributed by atoms with E-state index in [9.17, 15) is 0 Å². The van der Waals surface area contributed by atoms with Gasteiger partial charge in [-0.25, -0.2) is 9.97 Å². The molecule has 2 heterocycles. The molecule has 0 aliphatic heterocycles. The van der Waals surface area contributed by atoms with Gasteiger partial charge in [-0.1, -0.05) is 29.8 Å². The summed E-state index contributed by atoms with van der Waals surface area (Å²) in [6.07, 6.45) is 3.65. The van der Waals surface area contributed by atoms with E-state index < -0.39 is 0 Å². The highest BCUT2D eigenvalue weighted by Crippen LogP contribution is 2.24. The van der Waals surface area contributed by atoms with E-state index in [0.29, 0.717) is 0 Å². The molecule has 0 saturated carbocycles. The maximum atomic E-state index is 4.72. The molecule has 0 atom stereocenters. The maximum absolute atomic E-state index is 4.72. The minimum absolute atomic E-state index is 0.815. The van der Waals surface area contributed by atoms with Gasteiger partial charge in [-0.05, 0) is 31.2 Å². The van der Waals surface area contributed by atoms with Crippen molar-refractivity contribution >= 4 is 28.1 Å². The molecule has 4 rings (SSSR count). The SMILES string of the molecule is Cc1ccc(Nc2nc3ccccc3n3cncc23)cc1.